The normalized spacial score (nSPS) is 15.1. The predicted molar refractivity (Wildman–Crippen MR) is 84.8 cm³/mol. The molecule has 20 heavy (non-hydrogen) atoms. The summed E-state index contributed by atoms with van der Waals surface area (Å²) >= 11 is 1.54. The van der Waals surface area contributed by atoms with E-state index in [4.69, 9.17) is 0 Å². The number of nitrogens with one attached hydrogen (secondary N) is 1. The third-order valence-electron chi connectivity index (χ3n) is 3.07. The number of anilines is 1. The number of aliphatic hydroxyl groups excluding tert-OH is 1. The zero-order valence-electron chi connectivity index (χ0n) is 12.2. The molecular formula is C13H22N2O3S2. The number of hydrogen-bond donors (Lipinski definition) is 2. The van der Waals surface area contributed by atoms with Gasteiger partial charge in [0, 0.05) is 25.4 Å². The number of rotatable bonds is 7. The first kappa shape index (κ1) is 17.3. The highest BCUT2D eigenvalue weighted by Crippen LogP contribution is 2.25. The molecule has 0 radical (unpaired) electrons. The zero-order chi connectivity index (χ0) is 15.3. The molecule has 0 saturated heterocycles. The van der Waals surface area contributed by atoms with E-state index in [1.807, 2.05) is 13.2 Å². The molecule has 7 heteroatoms. The second-order valence-electron chi connectivity index (χ2n) is 4.67. The Morgan fingerprint density at radius 1 is 1.35 bits per heavy atom. The van der Waals surface area contributed by atoms with Gasteiger partial charge in [0.05, 0.1) is 12.3 Å². The Bertz CT molecular complexity index is 528. The summed E-state index contributed by atoms with van der Waals surface area (Å²) in [6.07, 6.45) is 1.92. The fourth-order valence-corrected chi connectivity index (χ4v) is 3.46. The molecule has 2 unspecified atom stereocenters. The molecule has 114 valence electrons. The van der Waals surface area contributed by atoms with Crippen LogP contribution in [0.2, 0.25) is 0 Å². The maximum Gasteiger partial charge on any atom is 0.244 e. The first-order valence-corrected chi connectivity index (χ1v) is 8.99. The van der Waals surface area contributed by atoms with Gasteiger partial charge in [0.15, 0.2) is 0 Å². The Morgan fingerprint density at radius 2 is 1.95 bits per heavy atom. The Balaban J connectivity index is 3.09. The summed E-state index contributed by atoms with van der Waals surface area (Å²) in [5.41, 5.74) is 0.557. The van der Waals surface area contributed by atoms with Crippen molar-refractivity contribution < 1.29 is 13.5 Å². The van der Waals surface area contributed by atoms with Crippen LogP contribution in [0.4, 0.5) is 5.69 Å². The summed E-state index contributed by atoms with van der Waals surface area (Å²) in [4.78, 5) is 0.245. The molecule has 0 bridgehead atoms. The number of aliphatic hydroxyl groups is 1. The quantitative estimate of drug-likeness (QED) is 0.796. The molecule has 0 aromatic heterocycles. The van der Waals surface area contributed by atoms with Crippen molar-refractivity contribution in [2.75, 3.05) is 32.3 Å². The van der Waals surface area contributed by atoms with Gasteiger partial charge in [0.2, 0.25) is 10.0 Å². The molecular weight excluding hydrogens is 296 g/mol. The Kier molecular flexibility index (Phi) is 6.32. The third-order valence-corrected chi connectivity index (χ3v) is 6.11. The number of nitrogens with zero attached hydrogens (tertiary/aromatic N) is 1. The Morgan fingerprint density at radius 3 is 2.45 bits per heavy atom. The number of sulfonamides is 1. The van der Waals surface area contributed by atoms with Crippen LogP contribution < -0.4 is 5.32 Å². The maximum absolute atomic E-state index is 12.3. The molecule has 0 aliphatic rings. The SMILES string of the molecule is CSC(CO)C(C)Nc1ccccc1S(=O)(=O)N(C)C. The monoisotopic (exact) mass is 318 g/mol. The molecule has 0 saturated carbocycles. The first-order chi connectivity index (χ1) is 9.34. The van der Waals surface area contributed by atoms with Crippen LogP contribution in [0.1, 0.15) is 6.92 Å². The van der Waals surface area contributed by atoms with E-state index < -0.39 is 10.0 Å². The van der Waals surface area contributed by atoms with Gasteiger partial charge in [-0.15, -0.1) is 0 Å². The summed E-state index contributed by atoms with van der Waals surface area (Å²) in [6, 6.07) is 6.76. The van der Waals surface area contributed by atoms with Crippen LogP contribution in [0.15, 0.2) is 29.2 Å². The molecule has 2 N–H and O–H groups in total. The molecule has 0 fully saturated rings. The molecule has 0 heterocycles. The second-order valence-corrected chi connectivity index (χ2v) is 7.87. The van der Waals surface area contributed by atoms with Gasteiger partial charge in [-0.25, -0.2) is 12.7 Å². The third kappa shape index (κ3) is 3.88. The van der Waals surface area contributed by atoms with Crippen LogP contribution in [0.25, 0.3) is 0 Å². The summed E-state index contributed by atoms with van der Waals surface area (Å²) in [6.45, 7) is 1.97. The van der Waals surface area contributed by atoms with Crippen LogP contribution in [0.5, 0.6) is 0 Å². The number of hydrogen-bond acceptors (Lipinski definition) is 5. The summed E-state index contributed by atoms with van der Waals surface area (Å²) in [7, 11) is -0.475. The van der Waals surface area contributed by atoms with Crippen molar-refractivity contribution in [1.29, 1.82) is 0 Å². The highest BCUT2D eigenvalue weighted by Gasteiger charge is 2.23. The van der Waals surface area contributed by atoms with E-state index in [2.05, 4.69) is 5.32 Å². The largest absolute Gasteiger partial charge is 0.395 e. The minimum Gasteiger partial charge on any atom is -0.395 e. The van der Waals surface area contributed by atoms with Crippen molar-refractivity contribution in [3.8, 4) is 0 Å². The van der Waals surface area contributed by atoms with Gasteiger partial charge in [-0.1, -0.05) is 12.1 Å². The van der Waals surface area contributed by atoms with Crippen molar-refractivity contribution >= 4 is 27.5 Å². The van der Waals surface area contributed by atoms with Gasteiger partial charge >= 0.3 is 0 Å². The smallest absolute Gasteiger partial charge is 0.244 e. The average Bonchev–Trinajstić information content (AvgIpc) is 2.40. The molecule has 5 nitrogen and oxygen atoms in total. The van der Waals surface area contributed by atoms with Crippen molar-refractivity contribution in [3.05, 3.63) is 24.3 Å². The van der Waals surface area contributed by atoms with E-state index in [1.165, 1.54) is 18.4 Å². The molecule has 1 rings (SSSR count). The van der Waals surface area contributed by atoms with Gasteiger partial charge in [-0.2, -0.15) is 11.8 Å². The van der Waals surface area contributed by atoms with E-state index in [0.29, 0.717) is 5.69 Å². The molecule has 0 spiro atoms. The lowest BCUT2D eigenvalue weighted by Crippen LogP contribution is -2.32. The number of para-hydroxylation sites is 1. The van der Waals surface area contributed by atoms with E-state index >= 15 is 0 Å². The fraction of sp³-hybridized carbons (Fsp3) is 0.538. The number of thioether (sulfide) groups is 1. The lowest BCUT2D eigenvalue weighted by atomic mass is 10.2. The van der Waals surface area contributed by atoms with E-state index in [-0.39, 0.29) is 22.8 Å². The fourth-order valence-electron chi connectivity index (χ4n) is 1.78. The maximum atomic E-state index is 12.3. The predicted octanol–water partition coefficient (Wildman–Crippen LogP) is 1.46. The minimum atomic E-state index is -3.49. The molecule has 0 aliphatic heterocycles. The lowest BCUT2D eigenvalue weighted by Gasteiger charge is -2.24. The van der Waals surface area contributed by atoms with Gasteiger partial charge < -0.3 is 10.4 Å². The van der Waals surface area contributed by atoms with E-state index in [1.54, 1.807) is 36.0 Å². The lowest BCUT2D eigenvalue weighted by molar-refractivity contribution is 0.288. The summed E-state index contributed by atoms with van der Waals surface area (Å²) < 4.78 is 25.7. The Hall–Kier alpha value is -0.760. The minimum absolute atomic E-state index is 0.00474. The first-order valence-electron chi connectivity index (χ1n) is 6.26. The molecule has 0 amide bonds. The zero-order valence-corrected chi connectivity index (χ0v) is 13.8. The molecule has 1 aromatic carbocycles. The van der Waals surface area contributed by atoms with Crippen LogP contribution in [0, 0.1) is 0 Å². The summed E-state index contributed by atoms with van der Waals surface area (Å²) in [5, 5.41) is 12.5. The molecule has 0 aliphatic carbocycles. The van der Waals surface area contributed by atoms with Gasteiger partial charge in [-0.3, -0.25) is 0 Å². The van der Waals surface area contributed by atoms with Crippen molar-refractivity contribution in [2.45, 2.75) is 23.1 Å². The van der Waals surface area contributed by atoms with Crippen LogP contribution in [-0.4, -0.2) is 56.1 Å². The number of benzene rings is 1. The van der Waals surface area contributed by atoms with Gasteiger partial charge in [-0.05, 0) is 25.3 Å². The van der Waals surface area contributed by atoms with Crippen molar-refractivity contribution in [1.82, 2.24) is 4.31 Å². The summed E-state index contributed by atoms with van der Waals surface area (Å²) in [5.74, 6) is 0. The topological polar surface area (TPSA) is 69.6 Å². The average molecular weight is 318 g/mol. The van der Waals surface area contributed by atoms with E-state index in [9.17, 15) is 13.5 Å². The van der Waals surface area contributed by atoms with Crippen LogP contribution >= 0.6 is 11.8 Å². The standard InChI is InChI=1S/C13H22N2O3S2/c1-10(12(9-16)19-4)14-11-7-5-6-8-13(11)20(17,18)15(2)3/h5-8,10,12,14,16H,9H2,1-4H3. The Labute approximate surface area is 125 Å². The highest BCUT2D eigenvalue weighted by atomic mass is 32.2. The molecule has 1 aromatic rings. The van der Waals surface area contributed by atoms with Crippen molar-refractivity contribution in [2.24, 2.45) is 0 Å². The van der Waals surface area contributed by atoms with Gasteiger partial charge in [0.1, 0.15) is 4.90 Å². The van der Waals surface area contributed by atoms with Crippen molar-refractivity contribution in [3.63, 3.8) is 0 Å². The van der Waals surface area contributed by atoms with Gasteiger partial charge in [0.25, 0.3) is 0 Å². The highest BCUT2D eigenvalue weighted by molar-refractivity contribution is 7.99. The molecule has 2 atom stereocenters. The van der Waals surface area contributed by atoms with E-state index in [0.717, 1.165) is 0 Å². The second kappa shape index (κ2) is 7.31. The van der Waals surface area contributed by atoms with Crippen LogP contribution in [-0.2, 0) is 10.0 Å². The van der Waals surface area contributed by atoms with Crippen LogP contribution in [0.3, 0.4) is 0 Å².